The zero-order chi connectivity index (χ0) is 14.0. The van der Waals surface area contributed by atoms with Crippen LogP contribution in [0.25, 0.3) is 0 Å². The van der Waals surface area contributed by atoms with Crippen LogP contribution in [0.5, 0.6) is 0 Å². The Kier molecular flexibility index (Phi) is 4.37. The van der Waals surface area contributed by atoms with Crippen molar-refractivity contribution in [3.8, 4) is 0 Å². The molecule has 0 fully saturated rings. The second-order valence-electron chi connectivity index (χ2n) is 4.91. The van der Waals surface area contributed by atoms with Crippen molar-refractivity contribution in [2.24, 2.45) is 7.05 Å². The summed E-state index contributed by atoms with van der Waals surface area (Å²) in [4.78, 5) is 5.82. The molecule has 1 unspecified atom stereocenters. The van der Waals surface area contributed by atoms with Crippen molar-refractivity contribution in [2.45, 2.75) is 46.7 Å². The molecule has 0 aliphatic heterocycles. The van der Waals surface area contributed by atoms with Crippen LogP contribution in [0.2, 0.25) is 0 Å². The zero-order valence-electron chi connectivity index (χ0n) is 12.3. The first-order valence-electron chi connectivity index (χ1n) is 6.70. The monoisotopic (exact) mass is 278 g/mol. The molecule has 2 aromatic rings. The van der Waals surface area contributed by atoms with Crippen LogP contribution in [0.4, 0.5) is 0 Å². The summed E-state index contributed by atoms with van der Waals surface area (Å²) >= 11 is 1.78. The third kappa shape index (κ3) is 3.22. The van der Waals surface area contributed by atoms with Crippen molar-refractivity contribution >= 4 is 11.3 Å². The van der Waals surface area contributed by atoms with Gasteiger partial charge in [0, 0.05) is 36.3 Å². The Bertz CT molecular complexity index is 556. The minimum atomic E-state index is 0.330. The first kappa shape index (κ1) is 14.2. The van der Waals surface area contributed by atoms with Gasteiger partial charge in [0.1, 0.15) is 0 Å². The van der Waals surface area contributed by atoms with E-state index in [9.17, 15) is 0 Å². The summed E-state index contributed by atoms with van der Waals surface area (Å²) in [7, 11) is 1.97. The second-order valence-corrected chi connectivity index (χ2v) is 6.15. The molecule has 104 valence electrons. The lowest BCUT2D eigenvalue weighted by Gasteiger charge is -2.12. The Hall–Kier alpha value is -1.20. The summed E-state index contributed by atoms with van der Waals surface area (Å²) in [5.41, 5.74) is 3.61. The number of rotatable bonds is 5. The van der Waals surface area contributed by atoms with E-state index in [4.69, 9.17) is 0 Å². The Labute approximate surface area is 118 Å². The molecule has 0 amide bonds. The highest BCUT2D eigenvalue weighted by molar-refractivity contribution is 7.11. The van der Waals surface area contributed by atoms with Gasteiger partial charge in [-0.1, -0.05) is 6.92 Å². The molecule has 0 spiro atoms. The van der Waals surface area contributed by atoms with Gasteiger partial charge < -0.3 is 5.32 Å². The predicted octanol–water partition coefficient (Wildman–Crippen LogP) is 2.91. The maximum atomic E-state index is 4.49. The molecule has 0 saturated carbocycles. The fourth-order valence-electron chi connectivity index (χ4n) is 2.33. The smallest absolute Gasteiger partial charge is 0.0900 e. The third-order valence-corrected chi connectivity index (χ3v) is 4.51. The van der Waals surface area contributed by atoms with E-state index < -0.39 is 0 Å². The Morgan fingerprint density at radius 1 is 1.42 bits per heavy atom. The summed E-state index contributed by atoms with van der Waals surface area (Å²) in [6, 6.07) is 0.330. The van der Waals surface area contributed by atoms with E-state index in [1.165, 1.54) is 16.1 Å². The van der Waals surface area contributed by atoms with E-state index in [-0.39, 0.29) is 0 Å². The number of nitrogens with zero attached hydrogens (tertiary/aromatic N) is 3. The summed E-state index contributed by atoms with van der Waals surface area (Å²) in [5, 5.41) is 9.18. The van der Waals surface area contributed by atoms with Gasteiger partial charge in [-0.05, 0) is 27.2 Å². The van der Waals surface area contributed by atoms with Gasteiger partial charge in [-0.3, -0.25) is 4.68 Å². The van der Waals surface area contributed by atoms with Crippen LogP contribution in [-0.2, 0) is 20.0 Å². The molecule has 1 N–H and O–H groups in total. The highest BCUT2D eigenvalue weighted by atomic mass is 32.1. The molecule has 19 heavy (non-hydrogen) atoms. The van der Waals surface area contributed by atoms with Gasteiger partial charge in [0.25, 0.3) is 0 Å². The molecular weight excluding hydrogens is 256 g/mol. The molecule has 1 atom stereocenters. The second kappa shape index (κ2) is 5.84. The molecule has 2 rings (SSSR count). The van der Waals surface area contributed by atoms with Crippen LogP contribution >= 0.6 is 11.3 Å². The number of thiazole rings is 1. The van der Waals surface area contributed by atoms with Crippen molar-refractivity contribution in [2.75, 3.05) is 0 Å². The Morgan fingerprint density at radius 3 is 2.74 bits per heavy atom. The fourth-order valence-corrected chi connectivity index (χ4v) is 3.29. The SMILES string of the molecule is CCc1nn(C)cc1CNC(C)c1sc(C)nc1C. The van der Waals surface area contributed by atoms with Crippen LogP contribution < -0.4 is 5.32 Å². The van der Waals surface area contributed by atoms with Crippen LogP contribution in [0, 0.1) is 13.8 Å². The summed E-state index contributed by atoms with van der Waals surface area (Å²) in [6.45, 7) is 9.34. The summed E-state index contributed by atoms with van der Waals surface area (Å²) in [6.07, 6.45) is 3.08. The minimum absolute atomic E-state index is 0.330. The van der Waals surface area contributed by atoms with Crippen molar-refractivity contribution in [3.63, 3.8) is 0 Å². The highest BCUT2D eigenvalue weighted by Gasteiger charge is 2.13. The van der Waals surface area contributed by atoms with Crippen molar-refractivity contribution in [3.05, 3.63) is 33.0 Å². The van der Waals surface area contributed by atoms with Gasteiger partial charge in [-0.2, -0.15) is 5.10 Å². The molecule has 0 aromatic carbocycles. The van der Waals surface area contributed by atoms with E-state index in [0.717, 1.165) is 23.7 Å². The van der Waals surface area contributed by atoms with Gasteiger partial charge in [-0.15, -0.1) is 11.3 Å². The van der Waals surface area contributed by atoms with E-state index in [2.05, 4.69) is 49.3 Å². The van der Waals surface area contributed by atoms with Crippen LogP contribution in [0.15, 0.2) is 6.20 Å². The first-order valence-corrected chi connectivity index (χ1v) is 7.51. The van der Waals surface area contributed by atoms with Crippen molar-refractivity contribution in [1.29, 1.82) is 0 Å². The summed E-state index contributed by atoms with van der Waals surface area (Å²) in [5.74, 6) is 0. The maximum Gasteiger partial charge on any atom is 0.0900 e. The summed E-state index contributed by atoms with van der Waals surface area (Å²) < 4.78 is 1.89. The van der Waals surface area contributed by atoms with E-state index in [1.807, 2.05) is 11.7 Å². The number of nitrogens with one attached hydrogen (secondary N) is 1. The molecule has 2 heterocycles. The topological polar surface area (TPSA) is 42.7 Å². The molecule has 0 bridgehead atoms. The number of hydrogen-bond donors (Lipinski definition) is 1. The van der Waals surface area contributed by atoms with Crippen molar-refractivity contribution in [1.82, 2.24) is 20.1 Å². The van der Waals surface area contributed by atoms with Gasteiger partial charge in [0.15, 0.2) is 0 Å². The first-order chi connectivity index (χ1) is 9.01. The van der Waals surface area contributed by atoms with Crippen LogP contribution in [0.1, 0.15) is 46.7 Å². The molecular formula is C14H22N4S. The number of hydrogen-bond acceptors (Lipinski definition) is 4. The number of aromatic nitrogens is 3. The Balaban J connectivity index is 2.04. The fraction of sp³-hybridized carbons (Fsp3) is 0.571. The predicted molar refractivity (Wildman–Crippen MR) is 79.4 cm³/mol. The van der Waals surface area contributed by atoms with Crippen LogP contribution in [-0.4, -0.2) is 14.8 Å². The average Bonchev–Trinajstić information content (AvgIpc) is 2.88. The minimum Gasteiger partial charge on any atom is -0.305 e. The lowest BCUT2D eigenvalue weighted by atomic mass is 10.2. The van der Waals surface area contributed by atoms with E-state index >= 15 is 0 Å². The molecule has 0 aliphatic rings. The van der Waals surface area contributed by atoms with Gasteiger partial charge >= 0.3 is 0 Å². The zero-order valence-corrected chi connectivity index (χ0v) is 13.1. The molecule has 4 nitrogen and oxygen atoms in total. The van der Waals surface area contributed by atoms with Crippen molar-refractivity contribution < 1.29 is 0 Å². The average molecular weight is 278 g/mol. The lowest BCUT2D eigenvalue weighted by molar-refractivity contribution is 0.577. The lowest BCUT2D eigenvalue weighted by Crippen LogP contribution is -2.18. The standard InChI is InChI=1S/C14H22N4S/c1-6-13-12(8-18(5)17-13)7-15-9(2)14-10(3)16-11(4)19-14/h8-9,15H,6-7H2,1-5H3. The molecule has 5 heteroatoms. The Morgan fingerprint density at radius 2 is 2.16 bits per heavy atom. The molecule has 0 radical (unpaired) electrons. The molecule has 0 aliphatic carbocycles. The maximum absolute atomic E-state index is 4.49. The largest absolute Gasteiger partial charge is 0.305 e. The molecule has 2 aromatic heterocycles. The van der Waals surface area contributed by atoms with Crippen LogP contribution in [0.3, 0.4) is 0 Å². The quantitative estimate of drug-likeness (QED) is 0.914. The van der Waals surface area contributed by atoms with Gasteiger partial charge in [0.2, 0.25) is 0 Å². The third-order valence-electron chi connectivity index (χ3n) is 3.26. The van der Waals surface area contributed by atoms with Gasteiger partial charge in [-0.25, -0.2) is 4.98 Å². The normalized spacial score (nSPS) is 12.9. The van der Waals surface area contributed by atoms with Gasteiger partial charge in [0.05, 0.1) is 16.4 Å². The number of aryl methyl sites for hydroxylation is 4. The highest BCUT2D eigenvalue weighted by Crippen LogP contribution is 2.24. The van der Waals surface area contributed by atoms with E-state index in [0.29, 0.717) is 6.04 Å². The molecule has 0 saturated heterocycles. The van der Waals surface area contributed by atoms with E-state index in [1.54, 1.807) is 11.3 Å².